The molecule has 2 fully saturated rings. The molecule has 0 aromatic heterocycles. The number of aliphatic hydroxyl groups is 4. The minimum Gasteiger partial charge on any atom is -0.463 e. The summed E-state index contributed by atoms with van der Waals surface area (Å²) in [6, 6.07) is 1.10. The van der Waals surface area contributed by atoms with Gasteiger partial charge in [0.1, 0.15) is 37.6 Å². The molecular weight excluding hydrogens is 1070 g/mol. The van der Waals surface area contributed by atoms with Crippen molar-refractivity contribution in [1.82, 2.24) is 21.0 Å². The van der Waals surface area contributed by atoms with Crippen LogP contribution in [0.15, 0.2) is 0 Å². The molecular formula is C50H82N6O20S2. The SMILES string of the molecule is [C-]#[N+]C(C)(CCC(=O)OCCOCCOCCOCCSSCCOC(=O)ON1C(=O)CCC1=O)CC(C)(C(=O)NCCOCCO[C@@H]1O[C@H](CO)[C@H](O)[C@H](O)[C@H]1NC(C)=O)C(C)(C)CC(C)(C(=O)NCCO)C(C)(C)C#N. The molecule has 0 spiro atoms. The molecule has 2 heterocycles. The van der Waals surface area contributed by atoms with Crippen molar-refractivity contribution < 1.29 is 96.7 Å². The number of hydrogen-bond donors (Lipinski definition) is 7. The molecule has 0 aromatic carbocycles. The molecule has 2 aliphatic rings. The molecule has 2 aliphatic heterocycles. The monoisotopic (exact) mass is 1150 g/mol. The van der Waals surface area contributed by atoms with Crippen molar-refractivity contribution in [2.24, 2.45) is 21.7 Å². The van der Waals surface area contributed by atoms with E-state index >= 15 is 0 Å². The Kier molecular flexibility index (Phi) is 31.0. The Morgan fingerprint density at radius 1 is 0.756 bits per heavy atom. The fraction of sp³-hybridized carbons (Fsp3) is 0.820. The molecule has 0 aromatic rings. The molecule has 78 heavy (non-hydrogen) atoms. The normalized spacial score (nSPS) is 21.0. The molecule has 8 atom stereocenters. The van der Waals surface area contributed by atoms with E-state index in [1.807, 2.05) is 0 Å². The molecule has 3 unspecified atom stereocenters. The zero-order valence-corrected chi connectivity index (χ0v) is 47.8. The topological polar surface area (TPSA) is 351 Å². The predicted octanol–water partition coefficient (Wildman–Crippen LogP) is 1.21. The van der Waals surface area contributed by atoms with E-state index in [4.69, 9.17) is 44.5 Å². The molecule has 7 N–H and O–H groups in total. The standard InChI is InChI=1S/C50H82N6O20S2/c1-34(59)55-39-41(64)40(63)35(30-58)75-42(39)73-25-23-68-17-15-54-44(66)50(8,46(2,3)31-49(7,47(4,5)33-51)43(65)53-14-16-57)32-48(6,52-9)13-12-38(62)72-24-22-70-19-18-69-20-21-71-26-28-77-78-29-27-74-45(67)76-56-36(60)10-11-37(56)61/h35,39-42,57-58,63-64H,10-32H2,1-8H3,(H,53,65)(H,54,66)(H,55,59)/t35-,39-,40+,41-,42-,48?,49?,50?/m1/s1. The van der Waals surface area contributed by atoms with Gasteiger partial charge in [-0.15, -0.1) is 0 Å². The zero-order valence-electron chi connectivity index (χ0n) is 46.1. The molecule has 0 saturated carbocycles. The molecule has 26 nitrogen and oxygen atoms in total. The van der Waals surface area contributed by atoms with Gasteiger partial charge in [-0.25, -0.2) is 11.4 Å². The van der Waals surface area contributed by atoms with E-state index < -0.39 is 106 Å². The molecule has 0 aliphatic carbocycles. The fourth-order valence-electron chi connectivity index (χ4n) is 8.42. The quantitative estimate of drug-likeness (QED) is 0.0149. The van der Waals surface area contributed by atoms with E-state index in [2.05, 4.69) is 31.7 Å². The number of esters is 1. The van der Waals surface area contributed by atoms with Gasteiger partial charge in [0, 0.05) is 64.1 Å². The molecule has 2 rings (SSSR count). The van der Waals surface area contributed by atoms with Gasteiger partial charge in [-0.1, -0.05) is 40.5 Å². The summed E-state index contributed by atoms with van der Waals surface area (Å²) in [5.41, 5.74) is -6.55. The van der Waals surface area contributed by atoms with Crippen molar-refractivity contribution >= 4 is 63.2 Å². The number of hydrogen-bond acceptors (Lipinski definition) is 23. The molecule has 5 amide bonds. The number of carbonyl (C=O) groups is 7. The minimum absolute atomic E-state index is 0.00460. The van der Waals surface area contributed by atoms with Crippen LogP contribution in [0.5, 0.6) is 0 Å². The number of ether oxygens (including phenoxy) is 8. The number of carbonyl (C=O) groups excluding carboxylic acids is 7. The van der Waals surface area contributed by atoms with Crippen molar-refractivity contribution in [2.45, 2.75) is 130 Å². The van der Waals surface area contributed by atoms with E-state index in [1.165, 1.54) is 28.5 Å². The second kappa shape index (κ2) is 34.7. The predicted molar refractivity (Wildman–Crippen MR) is 280 cm³/mol. The van der Waals surface area contributed by atoms with Crippen LogP contribution < -0.4 is 16.0 Å². The van der Waals surface area contributed by atoms with Crippen LogP contribution in [0, 0.1) is 39.6 Å². The van der Waals surface area contributed by atoms with E-state index in [9.17, 15) is 59.2 Å². The smallest absolute Gasteiger partial charge is 0.463 e. The maximum absolute atomic E-state index is 14.6. The lowest BCUT2D eigenvalue weighted by molar-refractivity contribution is -0.272. The Hall–Kier alpha value is -4.43. The Balaban J connectivity index is 1.89. The van der Waals surface area contributed by atoms with Gasteiger partial charge in [-0.3, -0.25) is 33.6 Å². The maximum atomic E-state index is 14.6. The summed E-state index contributed by atoms with van der Waals surface area (Å²) in [7, 11) is 2.95. The van der Waals surface area contributed by atoms with E-state index in [1.54, 1.807) is 48.5 Å². The molecule has 0 radical (unpaired) electrons. The third-order valence-corrected chi connectivity index (χ3v) is 16.0. The van der Waals surface area contributed by atoms with Gasteiger partial charge in [-0.2, -0.15) is 5.26 Å². The summed E-state index contributed by atoms with van der Waals surface area (Å²) in [5, 5.41) is 58.7. The van der Waals surface area contributed by atoms with Crippen molar-refractivity contribution in [3.05, 3.63) is 11.4 Å². The lowest BCUT2D eigenvalue weighted by Crippen LogP contribution is -2.64. The highest BCUT2D eigenvalue weighted by atomic mass is 33.1. The number of nitrogens with zero attached hydrogens (tertiary/aromatic N) is 3. The van der Waals surface area contributed by atoms with Crippen LogP contribution in [0.4, 0.5) is 4.79 Å². The van der Waals surface area contributed by atoms with Crippen LogP contribution >= 0.6 is 21.6 Å². The van der Waals surface area contributed by atoms with Crippen molar-refractivity contribution in [3.63, 3.8) is 0 Å². The second-order valence-electron chi connectivity index (χ2n) is 20.4. The zero-order chi connectivity index (χ0) is 58.6. The average molecular weight is 1150 g/mol. The second-order valence-corrected chi connectivity index (χ2v) is 23.1. The number of imide groups is 1. The van der Waals surface area contributed by atoms with E-state index in [-0.39, 0.29) is 111 Å². The minimum atomic E-state index is -1.49. The Morgan fingerprint density at radius 2 is 1.31 bits per heavy atom. The molecule has 0 bridgehead atoms. The fourth-order valence-corrected chi connectivity index (χ4v) is 10.1. The lowest BCUT2D eigenvalue weighted by atomic mass is 9.52. The van der Waals surface area contributed by atoms with Crippen LogP contribution in [0.2, 0.25) is 0 Å². The van der Waals surface area contributed by atoms with Gasteiger partial charge >= 0.3 is 12.1 Å². The number of nitrogens with one attached hydrogen (secondary N) is 3. The first kappa shape index (κ1) is 69.7. The van der Waals surface area contributed by atoms with Gasteiger partial charge in [0.25, 0.3) is 11.8 Å². The Labute approximate surface area is 464 Å². The number of amides is 5. The Bertz CT molecular complexity index is 2010. The van der Waals surface area contributed by atoms with Crippen LogP contribution in [0.25, 0.3) is 4.85 Å². The highest BCUT2D eigenvalue weighted by molar-refractivity contribution is 8.76. The first-order chi connectivity index (χ1) is 36.8. The third kappa shape index (κ3) is 22.2. The maximum Gasteiger partial charge on any atom is 0.533 e. The number of rotatable bonds is 39. The number of aliphatic hydroxyl groups excluding tert-OH is 4. The van der Waals surface area contributed by atoms with Crippen LogP contribution in [-0.4, -0.2) is 214 Å². The van der Waals surface area contributed by atoms with Crippen LogP contribution in [0.1, 0.15) is 93.9 Å². The first-order valence-corrected chi connectivity index (χ1v) is 28.2. The van der Waals surface area contributed by atoms with Crippen molar-refractivity contribution in [2.75, 3.05) is 110 Å². The highest BCUT2D eigenvalue weighted by Gasteiger charge is 2.59. The molecule has 2 saturated heterocycles. The number of nitriles is 1. The average Bonchev–Trinajstić information content (AvgIpc) is 3.71. The van der Waals surface area contributed by atoms with Gasteiger partial charge in [-0.05, 0) is 39.5 Å². The summed E-state index contributed by atoms with van der Waals surface area (Å²) in [6.45, 7) is 21.8. The van der Waals surface area contributed by atoms with Crippen molar-refractivity contribution in [1.29, 1.82) is 5.26 Å². The van der Waals surface area contributed by atoms with Crippen molar-refractivity contribution in [3.8, 4) is 6.07 Å². The van der Waals surface area contributed by atoms with Gasteiger partial charge in [0.2, 0.25) is 23.3 Å². The molecule has 28 heteroatoms. The van der Waals surface area contributed by atoms with Crippen LogP contribution in [0.3, 0.4) is 0 Å². The first-order valence-electron chi connectivity index (χ1n) is 25.7. The van der Waals surface area contributed by atoms with E-state index in [0.717, 1.165) is 0 Å². The molecule has 444 valence electrons. The van der Waals surface area contributed by atoms with Crippen LogP contribution in [-0.2, 0) is 71.5 Å². The summed E-state index contributed by atoms with van der Waals surface area (Å²) in [6.07, 6.45) is -6.76. The van der Waals surface area contributed by atoms with Gasteiger partial charge in [0.15, 0.2) is 6.29 Å². The summed E-state index contributed by atoms with van der Waals surface area (Å²) >= 11 is 0. The summed E-state index contributed by atoms with van der Waals surface area (Å²) in [5.74, 6) is -2.15. The van der Waals surface area contributed by atoms with Gasteiger partial charge < -0.3 is 79.1 Å². The van der Waals surface area contributed by atoms with E-state index in [0.29, 0.717) is 36.4 Å². The highest BCUT2D eigenvalue weighted by Crippen LogP contribution is 2.56. The Morgan fingerprint density at radius 3 is 1.88 bits per heavy atom. The third-order valence-electron chi connectivity index (χ3n) is 13.7. The lowest BCUT2D eigenvalue weighted by Gasteiger charge is -2.50. The number of hydroxylamine groups is 2. The van der Waals surface area contributed by atoms with Gasteiger partial charge in [0.05, 0.1) is 101 Å². The summed E-state index contributed by atoms with van der Waals surface area (Å²) in [4.78, 5) is 96.4. The summed E-state index contributed by atoms with van der Waals surface area (Å²) < 4.78 is 43.8. The largest absolute Gasteiger partial charge is 0.533 e.